The summed E-state index contributed by atoms with van der Waals surface area (Å²) in [6, 6.07) is 1.71. The molecule has 21 heavy (non-hydrogen) atoms. The number of likely N-dealkylation sites (tertiary alicyclic amines) is 1. The molecule has 1 heterocycles. The van der Waals surface area contributed by atoms with Crippen LogP contribution in [0.1, 0.15) is 35.2 Å². The lowest BCUT2D eigenvalue weighted by Crippen LogP contribution is -2.45. The smallest absolute Gasteiger partial charge is 0.270 e. The third-order valence-electron chi connectivity index (χ3n) is 3.78. The molecule has 0 spiro atoms. The Bertz CT molecular complexity index is 576. The maximum absolute atomic E-state index is 14.1. The molecule has 1 aromatic rings. The van der Waals surface area contributed by atoms with Gasteiger partial charge in [-0.05, 0) is 31.7 Å². The number of hydrogen-bond donors (Lipinski definition) is 1. The van der Waals surface area contributed by atoms with E-state index < -0.39 is 16.6 Å². The molecule has 0 bridgehead atoms. The van der Waals surface area contributed by atoms with Crippen molar-refractivity contribution in [1.29, 1.82) is 0 Å². The topological polar surface area (TPSA) is 83.7 Å². The van der Waals surface area contributed by atoms with Crippen molar-refractivity contribution in [3.63, 3.8) is 0 Å². The Morgan fingerprint density at radius 3 is 2.86 bits per heavy atom. The van der Waals surface area contributed by atoms with Crippen LogP contribution >= 0.6 is 0 Å². The maximum Gasteiger partial charge on any atom is 0.270 e. The molecule has 1 atom stereocenters. The van der Waals surface area contributed by atoms with Gasteiger partial charge in [-0.1, -0.05) is 0 Å². The number of nitro benzene ring substituents is 1. The van der Waals surface area contributed by atoms with Crippen LogP contribution in [-0.2, 0) is 0 Å². The minimum Gasteiger partial charge on any atom is -0.394 e. The number of aliphatic hydroxyl groups is 1. The Kier molecular flexibility index (Phi) is 4.52. The predicted octanol–water partition coefficient (Wildman–Crippen LogP) is 2.03. The Balaban J connectivity index is 2.40. The van der Waals surface area contributed by atoms with Crippen molar-refractivity contribution in [1.82, 2.24) is 4.90 Å². The summed E-state index contributed by atoms with van der Waals surface area (Å²) in [5, 5.41) is 20.2. The van der Waals surface area contributed by atoms with E-state index in [1.165, 1.54) is 11.8 Å². The van der Waals surface area contributed by atoms with Crippen molar-refractivity contribution in [2.45, 2.75) is 32.2 Å². The van der Waals surface area contributed by atoms with E-state index >= 15 is 0 Å². The standard InChI is InChI=1S/C14H17FN2O4/c1-9-6-11(17(20)21)7-12(13(9)15)14(19)16-5-3-2-4-10(16)8-18/h6-7,10,18H,2-5,8H2,1H3. The van der Waals surface area contributed by atoms with Gasteiger partial charge in [-0.3, -0.25) is 14.9 Å². The molecule has 2 rings (SSSR count). The highest BCUT2D eigenvalue weighted by Gasteiger charge is 2.30. The van der Waals surface area contributed by atoms with E-state index in [2.05, 4.69) is 0 Å². The number of aliphatic hydroxyl groups excluding tert-OH is 1. The van der Waals surface area contributed by atoms with Gasteiger partial charge in [0.15, 0.2) is 0 Å². The van der Waals surface area contributed by atoms with Gasteiger partial charge < -0.3 is 10.0 Å². The number of benzene rings is 1. The summed E-state index contributed by atoms with van der Waals surface area (Å²) >= 11 is 0. The van der Waals surface area contributed by atoms with Crippen molar-refractivity contribution < 1.29 is 19.2 Å². The average molecular weight is 296 g/mol. The minimum atomic E-state index is -0.743. The number of aryl methyl sites for hydroxylation is 1. The molecule has 0 aliphatic carbocycles. The lowest BCUT2D eigenvalue weighted by atomic mass is 10.0. The molecule has 1 aliphatic rings. The van der Waals surface area contributed by atoms with Crippen LogP contribution in [0.15, 0.2) is 12.1 Å². The number of nitrogens with zero attached hydrogens (tertiary/aromatic N) is 2. The van der Waals surface area contributed by atoms with Gasteiger partial charge >= 0.3 is 0 Å². The van der Waals surface area contributed by atoms with E-state index in [-0.39, 0.29) is 29.5 Å². The molecule has 0 aromatic heterocycles. The fourth-order valence-corrected chi connectivity index (χ4v) is 2.62. The lowest BCUT2D eigenvalue weighted by Gasteiger charge is -2.34. The molecule has 1 amide bonds. The van der Waals surface area contributed by atoms with Crippen LogP contribution in [0, 0.1) is 22.9 Å². The SMILES string of the molecule is Cc1cc([N+](=O)[O-])cc(C(=O)N2CCCCC2CO)c1F. The van der Waals surface area contributed by atoms with E-state index in [9.17, 15) is 24.4 Å². The van der Waals surface area contributed by atoms with Crippen molar-refractivity contribution in [2.75, 3.05) is 13.2 Å². The number of piperidine rings is 1. The van der Waals surface area contributed by atoms with Gasteiger partial charge in [0.2, 0.25) is 0 Å². The highest BCUT2D eigenvalue weighted by molar-refractivity contribution is 5.95. The van der Waals surface area contributed by atoms with E-state index in [0.29, 0.717) is 13.0 Å². The summed E-state index contributed by atoms with van der Waals surface area (Å²) in [4.78, 5) is 24.1. The van der Waals surface area contributed by atoms with Crippen molar-refractivity contribution in [2.24, 2.45) is 0 Å². The van der Waals surface area contributed by atoms with E-state index in [0.717, 1.165) is 25.0 Å². The molecule has 0 radical (unpaired) electrons. The number of carbonyl (C=O) groups is 1. The third kappa shape index (κ3) is 3.02. The molecule has 1 saturated heterocycles. The number of rotatable bonds is 3. The molecule has 114 valence electrons. The quantitative estimate of drug-likeness (QED) is 0.683. The summed E-state index contributed by atoms with van der Waals surface area (Å²) in [5.74, 6) is -1.34. The summed E-state index contributed by atoms with van der Waals surface area (Å²) in [5.41, 5.74) is -0.554. The van der Waals surface area contributed by atoms with Gasteiger partial charge in [0, 0.05) is 18.7 Å². The summed E-state index contributed by atoms with van der Waals surface area (Å²) in [7, 11) is 0. The molecule has 7 heteroatoms. The van der Waals surface area contributed by atoms with E-state index in [1.807, 2.05) is 0 Å². The number of carbonyl (C=O) groups excluding carboxylic acids is 1. The zero-order valence-electron chi connectivity index (χ0n) is 11.7. The Labute approximate surface area is 121 Å². The first-order valence-electron chi connectivity index (χ1n) is 6.82. The first kappa shape index (κ1) is 15.4. The number of non-ortho nitro benzene ring substituents is 1. The monoisotopic (exact) mass is 296 g/mol. The molecule has 1 unspecified atom stereocenters. The average Bonchev–Trinajstić information content (AvgIpc) is 2.48. The van der Waals surface area contributed by atoms with Crippen LogP contribution in [-0.4, -0.2) is 40.0 Å². The summed E-state index contributed by atoms with van der Waals surface area (Å²) in [6.45, 7) is 1.62. The predicted molar refractivity (Wildman–Crippen MR) is 73.6 cm³/mol. The second kappa shape index (κ2) is 6.17. The van der Waals surface area contributed by atoms with Gasteiger partial charge in [-0.15, -0.1) is 0 Å². The van der Waals surface area contributed by atoms with Crippen LogP contribution in [0.3, 0.4) is 0 Å². The highest BCUT2D eigenvalue weighted by atomic mass is 19.1. The highest BCUT2D eigenvalue weighted by Crippen LogP contribution is 2.25. The third-order valence-corrected chi connectivity index (χ3v) is 3.78. The van der Waals surface area contributed by atoms with Crippen LogP contribution in [0.5, 0.6) is 0 Å². The number of hydrogen-bond acceptors (Lipinski definition) is 4. The summed E-state index contributed by atoms with van der Waals surface area (Å²) in [6.07, 6.45) is 2.32. The fraction of sp³-hybridized carbons (Fsp3) is 0.500. The number of amides is 1. The first-order chi connectivity index (χ1) is 9.95. The van der Waals surface area contributed by atoms with Crippen LogP contribution in [0.2, 0.25) is 0 Å². The van der Waals surface area contributed by atoms with E-state index in [4.69, 9.17) is 0 Å². The van der Waals surface area contributed by atoms with Crippen LogP contribution < -0.4 is 0 Å². The van der Waals surface area contributed by atoms with Gasteiger partial charge in [0.1, 0.15) is 5.82 Å². The summed E-state index contributed by atoms with van der Waals surface area (Å²) < 4.78 is 14.1. The van der Waals surface area contributed by atoms with Gasteiger partial charge in [-0.25, -0.2) is 4.39 Å². The Morgan fingerprint density at radius 2 is 2.24 bits per heavy atom. The van der Waals surface area contributed by atoms with Gasteiger partial charge in [-0.2, -0.15) is 0 Å². The second-order valence-electron chi connectivity index (χ2n) is 5.21. The maximum atomic E-state index is 14.1. The van der Waals surface area contributed by atoms with Crippen LogP contribution in [0.4, 0.5) is 10.1 Å². The zero-order valence-corrected chi connectivity index (χ0v) is 11.7. The first-order valence-corrected chi connectivity index (χ1v) is 6.82. The zero-order chi connectivity index (χ0) is 15.6. The van der Waals surface area contributed by atoms with Crippen molar-refractivity contribution >= 4 is 11.6 Å². The Morgan fingerprint density at radius 1 is 1.52 bits per heavy atom. The van der Waals surface area contributed by atoms with Crippen molar-refractivity contribution in [3.05, 3.63) is 39.2 Å². The van der Waals surface area contributed by atoms with Crippen LogP contribution in [0.25, 0.3) is 0 Å². The minimum absolute atomic E-state index is 0.0603. The number of halogens is 1. The van der Waals surface area contributed by atoms with Gasteiger partial charge in [0.05, 0.1) is 23.1 Å². The molecule has 6 nitrogen and oxygen atoms in total. The molecular weight excluding hydrogens is 279 g/mol. The molecule has 1 fully saturated rings. The van der Waals surface area contributed by atoms with E-state index in [1.54, 1.807) is 0 Å². The largest absolute Gasteiger partial charge is 0.394 e. The second-order valence-corrected chi connectivity index (χ2v) is 5.21. The normalized spacial score (nSPS) is 18.6. The molecule has 0 saturated carbocycles. The molecule has 1 aromatic carbocycles. The van der Waals surface area contributed by atoms with Crippen molar-refractivity contribution in [3.8, 4) is 0 Å². The lowest BCUT2D eigenvalue weighted by molar-refractivity contribution is -0.385. The molecular formula is C14H17FN2O4. The Hall–Kier alpha value is -2.02. The molecule has 1 aliphatic heterocycles. The number of nitro groups is 1. The fourth-order valence-electron chi connectivity index (χ4n) is 2.62. The molecule has 1 N–H and O–H groups in total. The van der Waals surface area contributed by atoms with Gasteiger partial charge in [0.25, 0.3) is 11.6 Å².